The van der Waals surface area contributed by atoms with Crippen molar-refractivity contribution in [1.82, 2.24) is 14.8 Å². The summed E-state index contributed by atoms with van der Waals surface area (Å²) >= 11 is 0. The first kappa shape index (κ1) is 22.2. The summed E-state index contributed by atoms with van der Waals surface area (Å²) in [6, 6.07) is 27.9. The maximum atomic E-state index is 12.9. The van der Waals surface area contributed by atoms with Crippen molar-refractivity contribution in [2.45, 2.75) is 6.10 Å². The summed E-state index contributed by atoms with van der Waals surface area (Å²) in [6.45, 7) is 3.50. The molecule has 1 aliphatic heterocycles. The minimum absolute atomic E-state index is 0.0266. The van der Waals surface area contributed by atoms with Crippen molar-refractivity contribution in [2.75, 3.05) is 39.3 Å². The van der Waals surface area contributed by atoms with Gasteiger partial charge in [-0.25, -0.2) is 0 Å². The highest BCUT2D eigenvalue weighted by atomic mass is 16.5. The number of β-amino-alcohol motifs (C(OH)–C–C–N with tert-alkyl or cyclic N) is 1. The Morgan fingerprint density at radius 3 is 2.29 bits per heavy atom. The van der Waals surface area contributed by atoms with Gasteiger partial charge < -0.3 is 19.7 Å². The molecule has 1 aliphatic rings. The molecule has 1 atom stereocenters. The Hall–Kier alpha value is -3.61. The summed E-state index contributed by atoms with van der Waals surface area (Å²) < 4.78 is 5.80. The molecule has 0 bridgehead atoms. The van der Waals surface area contributed by atoms with E-state index in [1.807, 2.05) is 77.7 Å². The fourth-order valence-electron chi connectivity index (χ4n) is 4.41. The fourth-order valence-corrected chi connectivity index (χ4v) is 4.41. The SMILES string of the molecule is O=C(c1cc2ccccc2[nH]1)N1CCN(CC(O)COc2ccc(-c3ccccc3)cc2)CC1. The molecule has 0 radical (unpaired) electrons. The number of hydrogen-bond acceptors (Lipinski definition) is 4. The highest BCUT2D eigenvalue weighted by molar-refractivity contribution is 5.98. The van der Waals surface area contributed by atoms with Crippen LogP contribution < -0.4 is 4.74 Å². The lowest BCUT2D eigenvalue weighted by Crippen LogP contribution is -2.51. The van der Waals surface area contributed by atoms with Gasteiger partial charge in [-0.1, -0.05) is 60.7 Å². The number of fused-ring (bicyclic) bond motifs is 1. The first-order chi connectivity index (χ1) is 16.7. The van der Waals surface area contributed by atoms with Crippen molar-refractivity contribution in [2.24, 2.45) is 0 Å². The standard InChI is InChI=1S/C28H29N3O3/c32-24(20-34-25-12-10-22(11-13-25)21-6-2-1-3-7-21)19-30-14-16-31(17-15-30)28(33)27-18-23-8-4-5-9-26(23)29-27/h1-13,18,24,29,32H,14-17,19-20H2. The van der Waals surface area contributed by atoms with Gasteiger partial charge in [-0.05, 0) is 35.4 Å². The third-order valence-electron chi connectivity index (χ3n) is 6.29. The van der Waals surface area contributed by atoms with Crippen LogP contribution in [-0.4, -0.2) is 71.2 Å². The Labute approximate surface area is 199 Å². The Morgan fingerprint density at radius 2 is 1.56 bits per heavy atom. The fraction of sp³-hybridized carbons (Fsp3) is 0.250. The van der Waals surface area contributed by atoms with Crippen molar-refractivity contribution in [3.8, 4) is 16.9 Å². The molecule has 0 saturated carbocycles. The number of carbonyl (C=O) groups is 1. The van der Waals surface area contributed by atoms with E-state index in [4.69, 9.17) is 4.74 Å². The van der Waals surface area contributed by atoms with Crippen molar-refractivity contribution < 1.29 is 14.6 Å². The normalized spacial score (nSPS) is 15.4. The van der Waals surface area contributed by atoms with E-state index in [0.717, 1.165) is 40.9 Å². The van der Waals surface area contributed by atoms with E-state index >= 15 is 0 Å². The number of aromatic amines is 1. The molecular formula is C28H29N3O3. The molecular weight excluding hydrogens is 426 g/mol. The van der Waals surface area contributed by atoms with Gasteiger partial charge in [0, 0.05) is 43.6 Å². The van der Waals surface area contributed by atoms with Crippen LogP contribution in [0.5, 0.6) is 5.75 Å². The second kappa shape index (κ2) is 10.1. The van der Waals surface area contributed by atoms with Crippen LogP contribution in [0, 0.1) is 0 Å². The van der Waals surface area contributed by atoms with E-state index in [0.29, 0.717) is 25.3 Å². The number of piperazine rings is 1. The number of amides is 1. The van der Waals surface area contributed by atoms with Gasteiger partial charge >= 0.3 is 0 Å². The predicted octanol–water partition coefficient (Wildman–Crippen LogP) is 4.03. The van der Waals surface area contributed by atoms with Crippen LogP contribution in [0.1, 0.15) is 10.5 Å². The second-order valence-electron chi connectivity index (χ2n) is 8.72. The monoisotopic (exact) mass is 455 g/mol. The lowest BCUT2D eigenvalue weighted by atomic mass is 10.1. The van der Waals surface area contributed by atoms with E-state index in [-0.39, 0.29) is 12.5 Å². The summed E-state index contributed by atoms with van der Waals surface area (Å²) in [6.07, 6.45) is -0.593. The van der Waals surface area contributed by atoms with Gasteiger partial charge in [0.05, 0.1) is 0 Å². The maximum absolute atomic E-state index is 12.9. The summed E-state index contributed by atoms with van der Waals surface area (Å²) in [5, 5.41) is 11.5. The number of aliphatic hydroxyl groups is 1. The Bertz CT molecular complexity index is 1200. The molecule has 1 fully saturated rings. The maximum Gasteiger partial charge on any atom is 0.270 e. The van der Waals surface area contributed by atoms with Crippen LogP contribution in [0.25, 0.3) is 22.0 Å². The average molecular weight is 456 g/mol. The topological polar surface area (TPSA) is 68.8 Å². The summed E-state index contributed by atoms with van der Waals surface area (Å²) in [5.74, 6) is 0.770. The molecule has 2 heterocycles. The molecule has 1 unspecified atom stereocenters. The number of benzene rings is 3. The quantitative estimate of drug-likeness (QED) is 0.442. The highest BCUT2D eigenvalue weighted by Gasteiger charge is 2.24. The number of H-pyrrole nitrogens is 1. The van der Waals surface area contributed by atoms with Crippen molar-refractivity contribution in [3.63, 3.8) is 0 Å². The van der Waals surface area contributed by atoms with Crippen LogP contribution in [0.2, 0.25) is 0 Å². The third kappa shape index (κ3) is 5.14. The number of carbonyl (C=O) groups excluding carboxylic acids is 1. The molecule has 5 rings (SSSR count). The Kier molecular flexibility index (Phi) is 6.60. The molecule has 0 aliphatic carbocycles. The predicted molar refractivity (Wildman–Crippen MR) is 134 cm³/mol. The minimum atomic E-state index is -0.593. The second-order valence-corrected chi connectivity index (χ2v) is 8.72. The number of aromatic nitrogens is 1. The zero-order valence-electron chi connectivity index (χ0n) is 19.1. The van der Waals surface area contributed by atoms with Crippen molar-refractivity contribution in [3.05, 3.63) is 90.6 Å². The van der Waals surface area contributed by atoms with E-state index < -0.39 is 6.10 Å². The van der Waals surface area contributed by atoms with Gasteiger partial charge in [0.15, 0.2) is 0 Å². The van der Waals surface area contributed by atoms with Crippen LogP contribution in [0.4, 0.5) is 0 Å². The zero-order valence-corrected chi connectivity index (χ0v) is 19.1. The number of para-hydroxylation sites is 1. The average Bonchev–Trinajstić information content (AvgIpc) is 3.33. The van der Waals surface area contributed by atoms with Crippen molar-refractivity contribution in [1.29, 1.82) is 0 Å². The molecule has 174 valence electrons. The smallest absolute Gasteiger partial charge is 0.270 e. The Balaban J connectivity index is 1.07. The number of hydrogen-bond donors (Lipinski definition) is 2. The first-order valence-corrected chi connectivity index (χ1v) is 11.7. The van der Waals surface area contributed by atoms with Gasteiger partial charge in [-0.3, -0.25) is 9.69 Å². The lowest BCUT2D eigenvalue weighted by Gasteiger charge is -2.35. The molecule has 0 spiro atoms. The minimum Gasteiger partial charge on any atom is -0.491 e. The van der Waals surface area contributed by atoms with Gasteiger partial charge in [0.25, 0.3) is 5.91 Å². The molecule has 34 heavy (non-hydrogen) atoms. The van der Waals surface area contributed by atoms with Crippen LogP contribution in [-0.2, 0) is 0 Å². The Morgan fingerprint density at radius 1 is 0.882 bits per heavy atom. The van der Waals surface area contributed by atoms with E-state index in [1.54, 1.807) is 0 Å². The number of nitrogens with one attached hydrogen (secondary N) is 1. The number of aliphatic hydroxyl groups excluding tert-OH is 1. The molecule has 6 nitrogen and oxygen atoms in total. The highest BCUT2D eigenvalue weighted by Crippen LogP contribution is 2.22. The summed E-state index contributed by atoms with van der Waals surface area (Å²) in [4.78, 5) is 20.2. The molecule has 1 aromatic heterocycles. The van der Waals surface area contributed by atoms with Gasteiger partial charge in [0.1, 0.15) is 24.2 Å². The van der Waals surface area contributed by atoms with E-state index in [2.05, 4.69) is 22.0 Å². The summed E-state index contributed by atoms with van der Waals surface area (Å²) in [7, 11) is 0. The number of rotatable bonds is 7. The molecule has 2 N–H and O–H groups in total. The first-order valence-electron chi connectivity index (χ1n) is 11.7. The van der Waals surface area contributed by atoms with E-state index in [9.17, 15) is 9.90 Å². The van der Waals surface area contributed by atoms with Gasteiger partial charge in [0.2, 0.25) is 0 Å². The van der Waals surface area contributed by atoms with Crippen LogP contribution in [0.3, 0.4) is 0 Å². The van der Waals surface area contributed by atoms with Gasteiger partial charge in [-0.15, -0.1) is 0 Å². The van der Waals surface area contributed by atoms with Crippen LogP contribution in [0.15, 0.2) is 84.9 Å². The van der Waals surface area contributed by atoms with Crippen LogP contribution >= 0.6 is 0 Å². The molecule has 1 amide bonds. The molecule has 4 aromatic rings. The molecule has 3 aromatic carbocycles. The van der Waals surface area contributed by atoms with Gasteiger partial charge in [-0.2, -0.15) is 0 Å². The summed E-state index contributed by atoms with van der Waals surface area (Å²) in [5.41, 5.74) is 3.90. The number of nitrogens with zero attached hydrogens (tertiary/aromatic N) is 2. The lowest BCUT2D eigenvalue weighted by molar-refractivity contribution is 0.0401. The zero-order chi connectivity index (χ0) is 23.3. The number of ether oxygens (including phenoxy) is 1. The van der Waals surface area contributed by atoms with E-state index in [1.165, 1.54) is 0 Å². The molecule has 6 heteroatoms. The largest absolute Gasteiger partial charge is 0.491 e. The molecule has 1 saturated heterocycles. The van der Waals surface area contributed by atoms with Crippen molar-refractivity contribution >= 4 is 16.8 Å². The third-order valence-corrected chi connectivity index (χ3v) is 6.29.